The van der Waals surface area contributed by atoms with Crippen LogP contribution in [-0.2, 0) is 36.9 Å². The fourth-order valence-electron chi connectivity index (χ4n) is 1.51. The first-order valence-electron chi connectivity index (χ1n) is 6.30. The Bertz CT molecular complexity index is 524. The molecule has 1 radical (unpaired) electrons. The van der Waals surface area contributed by atoms with Crippen molar-refractivity contribution >= 4 is 7.60 Å². The molecule has 0 bridgehead atoms. The van der Waals surface area contributed by atoms with Gasteiger partial charge in [-0.25, -0.2) is 9.78 Å². The largest absolute Gasteiger partial charge is 0.385 e. The summed E-state index contributed by atoms with van der Waals surface area (Å²) in [7, 11) is -3.66. The van der Waals surface area contributed by atoms with Crippen LogP contribution in [0, 0.1) is 6.66 Å². The lowest BCUT2D eigenvalue weighted by Crippen LogP contribution is -1.98. The lowest BCUT2D eigenvalue weighted by Gasteiger charge is -2.11. The molecule has 0 N–H and O–H groups in total. The summed E-state index contributed by atoms with van der Waals surface area (Å²) in [5, 5.41) is 0. The van der Waals surface area contributed by atoms with E-state index in [0.717, 1.165) is 11.1 Å². The van der Waals surface area contributed by atoms with Gasteiger partial charge >= 0.3 is 7.60 Å². The van der Waals surface area contributed by atoms with Crippen LogP contribution < -0.4 is 0 Å². The normalized spacial score (nSPS) is 11.5. The van der Waals surface area contributed by atoms with Crippen molar-refractivity contribution in [3.8, 4) is 0 Å². The summed E-state index contributed by atoms with van der Waals surface area (Å²) in [6.45, 7) is 3.58. The Labute approximate surface area is 123 Å². The molecule has 2 aromatic rings. The van der Waals surface area contributed by atoms with Gasteiger partial charge in [-0.05, 0) is 11.1 Å². The van der Waals surface area contributed by atoms with Crippen LogP contribution in [0.15, 0.2) is 60.7 Å². The molecule has 5 nitrogen and oxygen atoms in total. The van der Waals surface area contributed by atoms with Crippen LogP contribution in [0.2, 0.25) is 0 Å². The van der Waals surface area contributed by atoms with Gasteiger partial charge in [0.2, 0.25) is 0 Å². The standard InChI is InChI=1S/C15H16O5P/c1-21(16,19-17-12-14-8-4-2-5-9-14)20-18-13-15-10-6-3-7-11-15/h2-11H,1,12-13H2. The molecular formula is C15H16O5P. The molecular weight excluding hydrogens is 291 g/mol. The fourth-order valence-corrected chi connectivity index (χ4v) is 1.96. The minimum Gasteiger partial charge on any atom is -0.255 e. The van der Waals surface area contributed by atoms with E-state index in [1.54, 1.807) is 0 Å². The van der Waals surface area contributed by atoms with Gasteiger partial charge in [-0.3, -0.25) is 4.57 Å². The van der Waals surface area contributed by atoms with Gasteiger partial charge in [0, 0.05) is 0 Å². The molecule has 2 aromatic carbocycles. The molecule has 2 rings (SSSR count). The van der Waals surface area contributed by atoms with Gasteiger partial charge < -0.3 is 0 Å². The second-order valence-electron chi connectivity index (χ2n) is 4.26. The number of benzene rings is 2. The molecule has 0 atom stereocenters. The van der Waals surface area contributed by atoms with Gasteiger partial charge in [-0.1, -0.05) is 60.7 Å². The summed E-state index contributed by atoms with van der Waals surface area (Å²) in [6.07, 6.45) is 0. The number of hydrogen-bond donors (Lipinski definition) is 0. The summed E-state index contributed by atoms with van der Waals surface area (Å²) in [4.78, 5) is 9.71. The average molecular weight is 307 g/mol. The van der Waals surface area contributed by atoms with Crippen molar-refractivity contribution in [3.05, 3.63) is 78.5 Å². The molecule has 0 unspecified atom stereocenters. The molecule has 0 heterocycles. The van der Waals surface area contributed by atoms with Crippen LogP contribution in [0.4, 0.5) is 0 Å². The van der Waals surface area contributed by atoms with E-state index in [1.165, 1.54) is 0 Å². The summed E-state index contributed by atoms with van der Waals surface area (Å²) < 4.78 is 21.1. The Balaban J connectivity index is 1.68. The van der Waals surface area contributed by atoms with Gasteiger partial charge in [0.1, 0.15) is 13.2 Å². The van der Waals surface area contributed by atoms with Crippen LogP contribution >= 0.6 is 7.60 Å². The van der Waals surface area contributed by atoms with Crippen molar-refractivity contribution in [2.24, 2.45) is 0 Å². The zero-order valence-corrected chi connectivity index (χ0v) is 12.3. The SMILES string of the molecule is [CH2]P(=O)(OOCc1ccccc1)OOCc1ccccc1. The highest BCUT2D eigenvalue weighted by Gasteiger charge is 2.20. The Hall–Kier alpha value is -1.49. The molecule has 0 aliphatic rings. The first kappa shape index (κ1) is 15.9. The maximum Gasteiger partial charge on any atom is 0.385 e. The highest BCUT2D eigenvalue weighted by Crippen LogP contribution is 2.47. The van der Waals surface area contributed by atoms with Crippen molar-refractivity contribution in [2.45, 2.75) is 13.2 Å². The molecule has 0 saturated carbocycles. The fraction of sp³-hybridized carbons (Fsp3) is 0.133. The zero-order chi connectivity index (χ0) is 15.0. The third-order valence-corrected chi connectivity index (χ3v) is 3.13. The second kappa shape index (κ2) is 8.08. The molecule has 6 heteroatoms. The Kier molecular flexibility index (Phi) is 6.11. The van der Waals surface area contributed by atoms with Gasteiger partial charge in [-0.2, -0.15) is 0 Å². The minimum absolute atomic E-state index is 0.141. The van der Waals surface area contributed by atoms with E-state index in [4.69, 9.17) is 9.78 Å². The predicted octanol–water partition coefficient (Wildman–Crippen LogP) is 4.27. The van der Waals surface area contributed by atoms with E-state index in [1.807, 2.05) is 60.7 Å². The van der Waals surface area contributed by atoms with Crippen LogP contribution in [0.3, 0.4) is 0 Å². The highest BCUT2D eigenvalue weighted by atomic mass is 31.2. The summed E-state index contributed by atoms with van der Waals surface area (Å²) in [5.41, 5.74) is 1.76. The van der Waals surface area contributed by atoms with Crippen molar-refractivity contribution < 1.29 is 23.7 Å². The smallest absolute Gasteiger partial charge is 0.255 e. The zero-order valence-electron chi connectivity index (χ0n) is 11.4. The Morgan fingerprint density at radius 1 is 0.762 bits per heavy atom. The van der Waals surface area contributed by atoms with Crippen LogP contribution in [0.25, 0.3) is 0 Å². The molecule has 0 aliphatic carbocycles. The van der Waals surface area contributed by atoms with Crippen molar-refractivity contribution in [1.82, 2.24) is 0 Å². The van der Waals surface area contributed by atoms with Crippen molar-refractivity contribution in [1.29, 1.82) is 0 Å². The van der Waals surface area contributed by atoms with E-state index < -0.39 is 7.60 Å². The third kappa shape index (κ3) is 6.21. The first-order valence-corrected chi connectivity index (χ1v) is 8.03. The van der Waals surface area contributed by atoms with Gasteiger partial charge in [0.25, 0.3) is 0 Å². The minimum atomic E-state index is -3.66. The van der Waals surface area contributed by atoms with Crippen LogP contribution in [-0.4, -0.2) is 0 Å². The van der Waals surface area contributed by atoms with E-state index in [-0.39, 0.29) is 13.2 Å². The van der Waals surface area contributed by atoms with E-state index >= 15 is 0 Å². The summed E-state index contributed by atoms with van der Waals surface area (Å²) in [6, 6.07) is 18.6. The molecule has 0 aromatic heterocycles. The van der Waals surface area contributed by atoms with E-state index in [0.29, 0.717) is 0 Å². The van der Waals surface area contributed by atoms with Crippen molar-refractivity contribution in [3.63, 3.8) is 0 Å². The topological polar surface area (TPSA) is 54.0 Å². The Morgan fingerprint density at radius 2 is 1.14 bits per heavy atom. The van der Waals surface area contributed by atoms with Gasteiger partial charge in [0.05, 0.1) is 6.66 Å². The van der Waals surface area contributed by atoms with E-state index in [2.05, 4.69) is 16.0 Å². The second-order valence-corrected chi connectivity index (χ2v) is 5.78. The molecule has 0 saturated heterocycles. The monoisotopic (exact) mass is 307 g/mol. The summed E-state index contributed by atoms with van der Waals surface area (Å²) >= 11 is 0. The lowest BCUT2D eigenvalue weighted by atomic mass is 10.2. The number of rotatable bonds is 8. The van der Waals surface area contributed by atoms with Crippen molar-refractivity contribution in [2.75, 3.05) is 0 Å². The molecule has 21 heavy (non-hydrogen) atoms. The maximum atomic E-state index is 11.8. The third-order valence-electron chi connectivity index (χ3n) is 2.47. The van der Waals surface area contributed by atoms with Gasteiger partial charge in [-0.15, -0.1) is 9.35 Å². The predicted molar refractivity (Wildman–Crippen MR) is 77.6 cm³/mol. The quantitative estimate of drug-likeness (QED) is 0.414. The van der Waals surface area contributed by atoms with Gasteiger partial charge in [0.15, 0.2) is 0 Å². The molecule has 111 valence electrons. The van der Waals surface area contributed by atoms with Crippen LogP contribution in [0.5, 0.6) is 0 Å². The maximum absolute atomic E-state index is 11.8. The average Bonchev–Trinajstić information content (AvgIpc) is 2.49. The first-order chi connectivity index (χ1) is 10.2. The highest BCUT2D eigenvalue weighted by molar-refractivity contribution is 7.54. The molecule has 0 aliphatic heterocycles. The van der Waals surface area contributed by atoms with E-state index in [9.17, 15) is 4.57 Å². The number of hydrogen-bond acceptors (Lipinski definition) is 5. The van der Waals surface area contributed by atoms with Crippen LogP contribution in [0.1, 0.15) is 11.1 Å². The summed E-state index contributed by atoms with van der Waals surface area (Å²) in [5.74, 6) is 0. The Morgan fingerprint density at radius 3 is 1.52 bits per heavy atom. The lowest BCUT2D eigenvalue weighted by molar-refractivity contribution is -0.274. The molecule has 0 amide bonds. The molecule has 0 spiro atoms. The molecule has 0 fully saturated rings.